The highest BCUT2D eigenvalue weighted by Crippen LogP contribution is 2.49. The minimum atomic E-state index is -0.796. The van der Waals surface area contributed by atoms with Crippen LogP contribution in [0.5, 0.6) is 0 Å². The molecule has 4 rings (SSSR count). The molecule has 3 saturated carbocycles. The lowest BCUT2D eigenvalue weighted by Crippen LogP contribution is -2.50. The average molecular weight is 293 g/mol. The minimum absolute atomic E-state index is 0.0693. The molecule has 0 aliphatic heterocycles. The van der Waals surface area contributed by atoms with Crippen molar-refractivity contribution in [3.05, 3.63) is 22.4 Å². The van der Waals surface area contributed by atoms with Gasteiger partial charge in [0.05, 0.1) is 18.4 Å². The van der Waals surface area contributed by atoms with Crippen molar-refractivity contribution in [3.63, 3.8) is 0 Å². The average Bonchev–Trinajstić information content (AvgIpc) is 2.98. The molecule has 3 fully saturated rings. The lowest BCUT2D eigenvalue weighted by atomic mass is 9.58. The highest BCUT2D eigenvalue weighted by atomic mass is 32.1. The maximum Gasteiger partial charge on any atom is 0.307 e. The van der Waals surface area contributed by atoms with Crippen molar-refractivity contribution in [2.75, 3.05) is 0 Å². The molecule has 0 radical (unpaired) electrons. The fourth-order valence-electron chi connectivity index (χ4n) is 3.89. The van der Waals surface area contributed by atoms with Crippen molar-refractivity contribution in [2.24, 2.45) is 23.7 Å². The topological polar surface area (TPSA) is 66.4 Å². The van der Waals surface area contributed by atoms with E-state index in [0.717, 1.165) is 30.6 Å². The van der Waals surface area contributed by atoms with Crippen molar-refractivity contribution in [3.8, 4) is 0 Å². The van der Waals surface area contributed by atoms with E-state index in [-0.39, 0.29) is 23.7 Å². The summed E-state index contributed by atoms with van der Waals surface area (Å²) in [5.74, 6) is -1.24. The van der Waals surface area contributed by atoms with E-state index in [9.17, 15) is 14.7 Å². The quantitative estimate of drug-likeness (QED) is 0.896. The first-order chi connectivity index (χ1) is 9.66. The van der Waals surface area contributed by atoms with E-state index in [1.807, 2.05) is 17.5 Å². The maximum atomic E-state index is 12.4. The Bertz CT molecular complexity index is 491. The standard InChI is InChI=1S/C15H19NO3S/c17-14(16-8-11-2-1-7-20-11)12-9-3-5-10(6-4-9)13(12)15(18)19/h1-2,7,9-10,12-13H,3-6,8H2,(H,16,17)(H,18,19). The Kier molecular flexibility index (Phi) is 3.78. The van der Waals surface area contributed by atoms with Gasteiger partial charge in [-0.15, -0.1) is 11.3 Å². The van der Waals surface area contributed by atoms with Gasteiger partial charge in [0.15, 0.2) is 0 Å². The van der Waals surface area contributed by atoms with E-state index in [4.69, 9.17) is 0 Å². The van der Waals surface area contributed by atoms with Crippen molar-refractivity contribution in [1.82, 2.24) is 5.32 Å². The van der Waals surface area contributed by atoms with Gasteiger partial charge in [0.2, 0.25) is 5.91 Å². The Morgan fingerprint density at radius 3 is 2.40 bits per heavy atom. The Hall–Kier alpha value is -1.36. The SMILES string of the molecule is O=C(O)C1C2CCC(CC2)C1C(=O)NCc1cccs1. The van der Waals surface area contributed by atoms with Crippen LogP contribution in [0.1, 0.15) is 30.6 Å². The van der Waals surface area contributed by atoms with E-state index < -0.39 is 11.9 Å². The Balaban J connectivity index is 1.70. The van der Waals surface area contributed by atoms with Crippen LogP contribution in [0.4, 0.5) is 0 Å². The smallest absolute Gasteiger partial charge is 0.307 e. The molecule has 2 atom stereocenters. The second-order valence-electron chi connectivity index (χ2n) is 5.86. The van der Waals surface area contributed by atoms with Crippen LogP contribution in [-0.2, 0) is 16.1 Å². The molecule has 1 amide bonds. The number of rotatable bonds is 4. The maximum absolute atomic E-state index is 12.4. The number of hydrogen-bond acceptors (Lipinski definition) is 3. The van der Waals surface area contributed by atoms with Gasteiger partial charge < -0.3 is 10.4 Å². The molecular formula is C15H19NO3S. The van der Waals surface area contributed by atoms with Gasteiger partial charge in [0.1, 0.15) is 0 Å². The van der Waals surface area contributed by atoms with Gasteiger partial charge in [0, 0.05) is 4.88 Å². The number of nitrogens with one attached hydrogen (secondary N) is 1. The zero-order valence-corrected chi connectivity index (χ0v) is 12.1. The van der Waals surface area contributed by atoms with Gasteiger partial charge in [-0.25, -0.2) is 0 Å². The molecule has 1 aromatic heterocycles. The molecule has 4 nitrogen and oxygen atoms in total. The first-order valence-electron chi connectivity index (χ1n) is 7.19. The van der Waals surface area contributed by atoms with Crippen LogP contribution >= 0.6 is 11.3 Å². The molecule has 0 aromatic carbocycles. The molecule has 2 bridgehead atoms. The Morgan fingerprint density at radius 1 is 1.20 bits per heavy atom. The third-order valence-corrected chi connectivity index (χ3v) is 5.70. The first kappa shape index (κ1) is 13.6. The molecule has 3 aliphatic rings. The van der Waals surface area contributed by atoms with Crippen molar-refractivity contribution in [1.29, 1.82) is 0 Å². The number of carbonyl (C=O) groups is 2. The molecule has 5 heteroatoms. The second kappa shape index (κ2) is 5.56. The molecule has 1 heterocycles. The second-order valence-corrected chi connectivity index (χ2v) is 6.89. The summed E-state index contributed by atoms with van der Waals surface area (Å²) in [7, 11) is 0. The molecule has 0 saturated heterocycles. The number of hydrogen-bond donors (Lipinski definition) is 2. The summed E-state index contributed by atoms with van der Waals surface area (Å²) in [6.45, 7) is 0.511. The van der Waals surface area contributed by atoms with E-state index >= 15 is 0 Å². The van der Waals surface area contributed by atoms with Crippen LogP contribution in [0.15, 0.2) is 17.5 Å². The first-order valence-corrected chi connectivity index (χ1v) is 8.07. The van der Waals surface area contributed by atoms with Gasteiger partial charge in [0.25, 0.3) is 0 Å². The molecule has 20 heavy (non-hydrogen) atoms. The van der Waals surface area contributed by atoms with Crippen molar-refractivity contribution in [2.45, 2.75) is 32.2 Å². The lowest BCUT2D eigenvalue weighted by Gasteiger charge is -2.45. The number of fused-ring (bicyclic) bond motifs is 3. The summed E-state index contributed by atoms with van der Waals surface area (Å²) < 4.78 is 0. The highest BCUT2D eigenvalue weighted by Gasteiger charge is 2.50. The van der Waals surface area contributed by atoms with Crippen LogP contribution in [-0.4, -0.2) is 17.0 Å². The molecule has 2 unspecified atom stereocenters. The van der Waals surface area contributed by atoms with E-state index in [1.165, 1.54) is 0 Å². The van der Waals surface area contributed by atoms with E-state index in [0.29, 0.717) is 6.54 Å². The molecule has 108 valence electrons. The molecule has 3 aliphatic carbocycles. The predicted octanol–water partition coefficient (Wildman–Crippen LogP) is 2.50. The van der Waals surface area contributed by atoms with Crippen LogP contribution in [0, 0.1) is 23.7 Å². The summed E-state index contributed by atoms with van der Waals surface area (Å²) in [6.07, 6.45) is 3.95. The number of carbonyl (C=O) groups excluding carboxylic acids is 1. The fourth-order valence-corrected chi connectivity index (χ4v) is 4.53. The molecular weight excluding hydrogens is 274 g/mol. The number of carboxylic acid groups (broad SMARTS) is 1. The zero-order valence-electron chi connectivity index (χ0n) is 11.2. The molecule has 0 spiro atoms. The number of aliphatic carboxylic acids is 1. The largest absolute Gasteiger partial charge is 0.481 e. The van der Waals surface area contributed by atoms with Gasteiger partial charge >= 0.3 is 5.97 Å². The molecule has 2 N–H and O–H groups in total. The third-order valence-electron chi connectivity index (χ3n) is 4.82. The minimum Gasteiger partial charge on any atom is -0.481 e. The number of carboxylic acids is 1. The highest BCUT2D eigenvalue weighted by molar-refractivity contribution is 7.09. The fraction of sp³-hybridized carbons (Fsp3) is 0.600. The third kappa shape index (κ3) is 2.46. The van der Waals surface area contributed by atoms with E-state index in [2.05, 4.69) is 5.32 Å². The predicted molar refractivity (Wildman–Crippen MR) is 76.2 cm³/mol. The van der Waals surface area contributed by atoms with Gasteiger partial charge in [-0.2, -0.15) is 0 Å². The van der Waals surface area contributed by atoms with E-state index in [1.54, 1.807) is 11.3 Å². The number of amides is 1. The number of thiophene rings is 1. The van der Waals surface area contributed by atoms with Crippen LogP contribution < -0.4 is 5.32 Å². The van der Waals surface area contributed by atoms with Crippen LogP contribution in [0.2, 0.25) is 0 Å². The summed E-state index contributed by atoms with van der Waals surface area (Å²) >= 11 is 1.60. The summed E-state index contributed by atoms with van der Waals surface area (Å²) in [6, 6.07) is 3.93. The Morgan fingerprint density at radius 2 is 1.85 bits per heavy atom. The summed E-state index contributed by atoms with van der Waals surface area (Å²) in [5.41, 5.74) is 0. The van der Waals surface area contributed by atoms with Crippen molar-refractivity contribution >= 4 is 23.2 Å². The molecule has 1 aromatic rings. The zero-order chi connectivity index (χ0) is 14.1. The van der Waals surface area contributed by atoms with Crippen LogP contribution in [0.3, 0.4) is 0 Å². The summed E-state index contributed by atoms with van der Waals surface area (Å²) in [5, 5.41) is 14.4. The lowest BCUT2D eigenvalue weighted by molar-refractivity contribution is -0.158. The summed E-state index contributed by atoms with van der Waals surface area (Å²) in [4.78, 5) is 25.0. The Labute approximate surface area is 122 Å². The van der Waals surface area contributed by atoms with Crippen LogP contribution in [0.25, 0.3) is 0 Å². The van der Waals surface area contributed by atoms with Crippen molar-refractivity contribution < 1.29 is 14.7 Å². The monoisotopic (exact) mass is 293 g/mol. The normalized spacial score (nSPS) is 32.0. The van der Waals surface area contributed by atoms with Gasteiger partial charge in [-0.3, -0.25) is 9.59 Å². The van der Waals surface area contributed by atoms with Gasteiger partial charge in [-0.05, 0) is 49.0 Å². The van der Waals surface area contributed by atoms with Gasteiger partial charge in [-0.1, -0.05) is 6.07 Å².